The second kappa shape index (κ2) is 11.7. The molecule has 2 saturated carbocycles. The molecule has 1 nitrogen and oxygen atoms in total. The van der Waals surface area contributed by atoms with Gasteiger partial charge in [0.15, 0.2) is 0 Å². The summed E-state index contributed by atoms with van der Waals surface area (Å²) in [5.41, 5.74) is 6.01. The first kappa shape index (κ1) is 26.9. The minimum Gasteiger partial charge on any atom is -0.393 e. The molecule has 0 aromatic heterocycles. The lowest BCUT2D eigenvalue weighted by Crippen LogP contribution is -2.54. The van der Waals surface area contributed by atoms with Crippen LogP contribution in [0.25, 0.3) is 0 Å². The fourth-order valence-corrected chi connectivity index (χ4v) is 6.60. The van der Waals surface area contributed by atoms with Crippen molar-refractivity contribution in [2.24, 2.45) is 22.7 Å². The molecule has 180 valence electrons. The SMILES string of the molecule is C=C/C(=C/CC/C(C)=C/CCC1C(=C)CCC2C(C)(C)[C@@H](O)CC[C@]12C)CCC=C(C)C. The van der Waals surface area contributed by atoms with Crippen molar-refractivity contribution in [1.82, 2.24) is 0 Å². The van der Waals surface area contributed by atoms with Gasteiger partial charge >= 0.3 is 0 Å². The average molecular weight is 439 g/mol. The molecule has 0 heterocycles. The van der Waals surface area contributed by atoms with Crippen molar-refractivity contribution in [2.45, 2.75) is 112 Å². The van der Waals surface area contributed by atoms with Crippen LogP contribution in [0.15, 0.2) is 59.8 Å². The summed E-state index contributed by atoms with van der Waals surface area (Å²) >= 11 is 0. The van der Waals surface area contributed by atoms with Crippen LogP contribution in [0, 0.1) is 22.7 Å². The second-order valence-electron chi connectivity index (χ2n) is 11.7. The van der Waals surface area contributed by atoms with Gasteiger partial charge in [0, 0.05) is 0 Å². The Morgan fingerprint density at radius 2 is 1.69 bits per heavy atom. The molecular weight excluding hydrogens is 388 g/mol. The van der Waals surface area contributed by atoms with Crippen LogP contribution in [-0.2, 0) is 0 Å². The second-order valence-corrected chi connectivity index (χ2v) is 11.7. The lowest BCUT2D eigenvalue weighted by molar-refractivity contribution is -0.124. The molecule has 0 spiro atoms. The van der Waals surface area contributed by atoms with E-state index >= 15 is 0 Å². The number of hydrogen-bond donors (Lipinski definition) is 1. The molecule has 0 aliphatic heterocycles. The van der Waals surface area contributed by atoms with Gasteiger partial charge in [0.2, 0.25) is 0 Å². The minimum absolute atomic E-state index is 0.0124. The zero-order valence-corrected chi connectivity index (χ0v) is 22.0. The molecule has 2 aliphatic rings. The number of allylic oxidation sites excluding steroid dienone is 8. The van der Waals surface area contributed by atoms with E-state index in [1.54, 1.807) is 0 Å². The van der Waals surface area contributed by atoms with E-state index in [0.29, 0.717) is 11.8 Å². The molecule has 2 fully saturated rings. The zero-order valence-electron chi connectivity index (χ0n) is 22.0. The van der Waals surface area contributed by atoms with Crippen molar-refractivity contribution in [3.63, 3.8) is 0 Å². The summed E-state index contributed by atoms with van der Waals surface area (Å²) in [6, 6.07) is 0. The van der Waals surface area contributed by atoms with Crippen molar-refractivity contribution in [1.29, 1.82) is 0 Å². The summed E-state index contributed by atoms with van der Waals surface area (Å²) < 4.78 is 0. The Balaban J connectivity index is 1.91. The normalized spacial score (nSPS) is 30.6. The van der Waals surface area contributed by atoms with Crippen molar-refractivity contribution < 1.29 is 5.11 Å². The number of aliphatic hydroxyl groups excluding tert-OH is 1. The van der Waals surface area contributed by atoms with Gasteiger partial charge in [-0.15, -0.1) is 0 Å². The largest absolute Gasteiger partial charge is 0.393 e. The third-order valence-electron chi connectivity index (χ3n) is 8.69. The summed E-state index contributed by atoms with van der Waals surface area (Å²) in [4.78, 5) is 0. The van der Waals surface area contributed by atoms with Crippen molar-refractivity contribution in [3.8, 4) is 0 Å². The van der Waals surface area contributed by atoms with Gasteiger partial charge in [-0.05, 0) is 108 Å². The standard InChI is InChI=1S/C31H50O/c1-9-26(16-10-13-23(2)3)17-11-14-24(4)15-12-18-27-25(5)19-20-28-30(6,7)29(32)21-22-31(27,28)8/h9,13,15,17,27-29,32H,1,5,10-12,14,16,18-22H2,2-4,6-8H3/b24-15+,26-17-/t27?,28?,29-,31+/m0/s1. The molecule has 2 unspecified atom stereocenters. The van der Waals surface area contributed by atoms with Crippen molar-refractivity contribution >= 4 is 0 Å². The minimum atomic E-state index is -0.162. The third kappa shape index (κ3) is 6.60. The quantitative estimate of drug-likeness (QED) is 0.266. The van der Waals surface area contributed by atoms with Gasteiger partial charge in [-0.3, -0.25) is 0 Å². The predicted octanol–water partition coefficient (Wildman–Crippen LogP) is 9.12. The Kier molecular flexibility index (Phi) is 9.83. The van der Waals surface area contributed by atoms with Crippen molar-refractivity contribution in [2.75, 3.05) is 0 Å². The zero-order chi connectivity index (χ0) is 23.9. The van der Waals surface area contributed by atoms with Crippen molar-refractivity contribution in [3.05, 3.63) is 59.8 Å². The molecule has 0 aromatic carbocycles. The van der Waals surface area contributed by atoms with E-state index in [1.807, 2.05) is 6.08 Å². The van der Waals surface area contributed by atoms with E-state index < -0.39 is 0 Å². The van der Waals surface area contributed by atoms with E-state index in [-0.39, 0.29) is 16.9 Å². The molecule has 2 aliphatic carbocycles. The lowest BCUT2D eigenvalue weighted by Gasteiger charge is -2.59. The Morgan fingerprint density at radius 1 is 1.00 bits per heavy atom. The van der Waals surface area contributed by atoms with E-state index in [4.69, 9.17) is 0 Å². The first-order chi connectivity index (χ1) is 15.0. The molecule has 0 aromatic rings. The predicted molar refractivity (Wildman–Crippen MR) is 142 cm³/mol. The highest BCUT2D eigenvalue weighted by atomic mass is 16.3. The van der Waals surface area contributed by atoms with Gasteiger partial charge in [0.25, 0.3) is 0 Å². The van der Waals surface area contributed by atoms with Gasteiger partial charge in [-0.25, -0.2) is 0 Å². The molecule has 0 amide bonds. The summed E-state index contributed by atoms with van der Waals surface area (Å²) in [7, 11) is 0. The molecule has 1 heteroatoms. The van der Waals surface area contributed by atoms with Gasteiger partial charge in [-0.1, -0.05) is 80.5 Å². The van der Waals surface area contributed by atoms with Crippen LogP contribution in [0.4, 0.5) is 0 Å². The van der Waals surface area contributed by atoms with Gasteiger partial charge in [0.05, 0.1) is 6.10 Å². The maximum absolute atomic E-state index is 10.7. The first-order valence-electron chi connectivity index (χ1n) is 13.0. The fraction of sp³-hybridized carbons (Fsp3) is 0.677. The van der Waals surface area contributed by atoms with Crippen LogP contribution < -0.4 is 0 Å². The Hall–Kier alpha value is -1.34. The molecule has 2 rings (SSSR count). The summed E-state index contributed by atoms with van der Waals surface area (Å²) in [5.74, 6) is 1.17. The van der Waals surface area contributed by atoms with Gasteiger partial charge in [-0.2, -0.15) is 0 Å². The summed E-state index contributed by atoms with van der Waals surface area (Å²) in [6.45, 7) is 22.2. The van der Waals surface area contributed by atoms with Crippen LogP contribution in [-0.4, -0.2) is 11.2 Å². The molecular formula is C31H50O. The maximum Gasteiger partial charge on any atom is 0.0594 e. The van der Waals surface area contributed by atoms with E-state index in [0.717, 1.165) is 51.4 Å². The average Bonchev–Trinajstić information content (AvgIpc) is 2.71. The number of hydrogen-bond acceptors (Lipinski definition) is 1. The van der Waals surface area contributed by atoms with Crippen LogP contribution in [0.2, 0.25) is 0 Å². The summed E-state index contributed by atoms with van der Waals surface area (Å²) in [5, 5.41) is 10.7. The Labute approximate surface area is 199 Å². The van der Waals surface area contributed by atoms with Gasteiger partial charge < -0.3 is 5.11 Å². The number of aliphatic hydroxyl groups is 1. The van der Waals surface area contributed by atoms with E-state index in [2.05, 4.69) is 72.9 Å². The number of fused-ring (bicyclic) bond motifs is 1. The fourth-order valence-electron chi connectivity index (χ4n) is 6.60. The van der Waals surface area contributed by atoms with Crippen LogP contribution in [0.5, 0.6) is 0 Å². The van der Waals surface area contributed by atoms with Crippen LogP contribution in [0.1, 0.15) is 106 Å². The van der Waals surface area contributed by atoms with Crippen LogP contribution in [0.3, 0.4) is 0 Å². The smallest absolute Gasteiger partial charge is 0.0594 e. The van der Waals surface area contributed by atoms with Crippen LogP contribution >= 0.6 is 0 Å². The lowest BCUT2D eigenvalue weighted by atomic mass is 9.46. The van der Waals surface area contributed by atoms with Gasteiger partial charge in [0.1, 0.15) is 0 Å². The molecule has 32 heavy (non-hydrogen) atoms. The molecule has 0 saturated heterocycles. The molecule has 0 bridgehead atoms. The first-order valence-corrected chi connectivity index (χ1v) is 13.0. The van der Waals surface area contributed by atoms with E-state index in [1.165, 1.54) is 35.1 Å². The van der Waals surface area contributed by atoms with E-state index in [9.17, 15) is 5.11 Å². The summed E-state index contributed by atoms with van der Waals surface area (Å²) in [6.07, 6.45) is 20.2. The third-order valence-corrected chi connectivity index (χ3v) is 8.69. The Bertz CT molecular complexity index is 742. The molecule has 4 atom stereocenters. The molecule has 1 N–H and O–H groups in total. The Morgan fingerprint density at radius 3 is 2.34 bits per heavy atom. The highest BCUT2D eigenvalue weighted by Gasteiger charge is 2.55. The maximum atomic E-state index is 10.7. The number of rotatable bonds is 10. The monoisotopic (exact) mass is 438 g/mol. The highest BCUT2D eigenvalue weighted by molar-refractivity contribution is 5.19. The molecule has 0 radical (unpaired) electrons. The highest BCUT2D eigenvalue weighted by Crippen LogP contribution is 2.61. The topological polar surface area (TPSA) is 20.2 Å².